The lowest BCUT2D eigenvalue weighted by atomic mass is 10.2. The average Bonchev–Trinajstić information content (AvgIpc) is 2.70. The molecule has 0 radical (unpaired) electrons. The smallest absolute Gasteiger partial charge is 0.250 e. The fourth-order valence-corrected chi connectivity index (χ4v) is 1.56. The second-order valence-electron chi connectivity index (χ2n) is 3.46. The van der Waals surface area contributed by atoms with E-state index in [4.69, 9.17) is 11.6 Å². The maximum Gasteiger partial charge on any atom is 0.453 e. The van der Waals surface area contributed by atoms with Gasteiger partial charge in [-0.15, -0.1) is 5.10 Å². The monoisotopic (exact) mass is 306 g/mol. The van der Waals surface area contributed by atoms with Gasteiger partial charge in [0.2, 0.25) is 4.77 Å². The van der Waals surface area contributed by atoms with E-state index in [0.717, 1.165) is 0 Å². The largest absolute Gasteiger partial charge is 0.453 e. The minimum Gasteiger partial charge on any atom is -0.250 e. The van der Waals surface area contributed by atoms with Crippen molar-refractivity contribution in [2.24, 2.45) is 5.10 Å². The van der Waals surface area contributed by atoms with Gasteiger partial charge >= 0.3 is 6.18 Å². The van der Waals surface area contributed by atoms with Crippen molar-refractivity contribution >= 4 is 30.0 Å². The van der Waals surface area contributed by atoms with Crippen LogP contribution in [-0.4, -0.2) is 21.1 Å². The molecule has 1 aromatic heterocycles. The lowest BCUT2D eigenvalue weighted by Gasteiger charge is -2.03. The number of nitrogens with one attached hydrogen (secondary N) is 1. The minimum atomic E-state index is -4.63. The first-order valence-corrected chi connectivity index (χ1v) is 5.71. The van der Waals surface area contributed by atoms with Crippen molar-refractivity contribution in [3.63, 3.8) is 0 Å². The maximum absolute atomic E-state index is 12.6. The number of nitrogens with zero attached hydrogens (tertiary/aromatic N) is 3. The summed E-state index contributed by atoms with van der Waals surface area (Å²) in [5.41, 5.74) is 0.584. The van der Waals surface area contributed by atoms with Crippen LogP contribution in [0.5, 0.6) is 0 Å². The molecule has 9 heteroatoms. The number of aromatic nitrogens is 3. The third-order valence-electron chi connectivity index (χ3n) is 2.10. The number of rotatable bonds is 2. The van der Waals surface area contributed by atoms with Gasteiger partial charge in [-0.3, -0.25) is 0 Å². The Hall–Kier alpha value is -1.67. The van der Waals surface area contributed by atoms with Crippen molar-refractivity contribution in [2.75, 3.05) is 0 Å². The first-order valence-electron chi connectivity index (χ1n) is 4.92. The Bertz CT molecular complexity index is 657. The lowest BCUT2D eigenvalue weighted by Crippen LogP contribution is -2.12. The van der Waals surface area contributed by atoms with Crippen LogP contribution in [0, 0.1) is 4.77 Å². The molecule has 100 valence electrons. The molecule has 1 heterocycles. The molecule has 0 aliphatic rings. The first-order chi connectivity index (χ1) is 8.88. The number of halogens is 4. The van der Waals surface area contributed by atoms with Gasteiger partial charge in [-0.2, -0.15) is 22.9 Å². The molecule has 2 aromatic rings. The summed E-state index contributed by atoms with van der Waals surface area (Å²) >= 11 is 10.4. The van der Waals surface area contributed by atoms with Gasteiger partial charge in [0, 0.05) is 5.02 Å². The van der Waals surface area contributed by atoms with Crippen LogP contribution in [0.25, 0.3) is 0 Å². The van der Waals surface area contributed by atoms with E-state index in [2.05, 4.69) is 27.5 Å². The van der Waals surface area contributed by atoms with E-state index < -0.39 is 12.0 Å². The van der Waals surface area contributed by atoms with Crippen molar-refractivity contribution in [1.29, 1.82) is 0 Å². The van der Waals surface area contributed by atoms with E-state index in [-0.39, 0.29) is 4.77 Å². The predicted octanol–water partition coefficient (Wildman–Crippen LogP) is 3.50. The number of hydrogen-bond donors (Lipinski definition) is 1. The molecule has 0 saturated heterocycles. The molecule has 0 aliphatic heterocycles. The van der Waals surface area contributed by atoms with Gasteiger partial charge in [-0.25, -0.2) is 5.10 Å². The van der Waals surface area contributed by atoms with Crippen molar-refractivity contribution in [2.45, 2.75) is 6.18 Å². The molecule has 1 aromatic carbocycles. The van der Waals surface area contributed by atoms with Crippen LogP contribution in [0.15, 0.2) is 29.4 Å². The SMILES string of the molecule is FC(F)(F)c1n[nH]c(=S)n1/N=C\c1ccc(Cl)cc1. The Kier molecular flexibility index (Phi) is 3.72. The molecule has 0 amide bonds. The molecule has 1 N–H and O–H groups in total. The Morgan fingerprint density at radius 2 is 1.95 bits per heavy atom. The summed E-state index contributed by atoms with van der Waals surface area (Å²) in [5.74, 6) is -1.21. The van der Waals surface area contributed by atoms with Crippen LogP contribution in [0.1, 0.15) is 11.4 Å². The molecule has 4 nitrogen and oxygen atoms in total. The zero-order valence-corrected chi connectivity index (χ0v) is 10.7. The van der Waals surface area contributed by atoms with Gasteiger partial charge in [-0.05, 0) is 29.9 Å². The number of aromatic amines is 1. The molecule has 0 spiro atoms. The highest BCUT2D eigenvalue weighted by Crippen LogP contribution is 2.27. The van der Waals surface area contributed by atoms with Crippen LogP contribution in [0.3, 0.4) is 0 Å². The second-order valence-corrected chi connectivity index (χ2v) is 4.28. The van der Waals surface area contributed by atoms with E-state index in [1.807, 2.05) is 0 Å². The predicted molar refractivity (Wildman–Crippen MR) is 66.9 cm³/mol. The van der Waals surface area contributed by atoms with Gasteiger partial charge in [0.1, 0.15) is 0 Å². The van der Waals surface area contributed by atoms with Gasteiger partial charge < -0.3 is 0 Å². The maximum atomic E-state index is 12.6. The summed E-state index contributed by atoms with van der Waals surface area (Å²) in [6.07, 6.45) is -3.40. The van der Waals surface area contributed by atoms with Gasteiger partial charge in [0.05, 0.1) is 6.21 Å². The zero-order chi connectivity index (χ0) is 14.0. The number of benzene rings is 1. The molecule has 0 aliphatic carbocycles. The fraction of sp³-hybridized carbons (Fsp3) is 0.100. The number of H-pyrrole nitrogens is 1. The molecule has 0 fully saturated rings. The van der Waals surface area contributed by atoms with Crippen molar-refractivity contribution in [1.82, 2.24) is 14.9 Å². The highest BCUT2D eigenvalue weighted by atomic mass is 35.5. The van der Waals surface area contributed by atoms with E-state index in [0.29, 0.717) is 15.3 Å². The second kappa shape index (κ2) is 5.14. The van der Waals surface area contributed by atoms with Crippen LogP contribution in [0.4, 0.5) is 13.2 Å². The molecule has 0 atom stereocenters. The normalized spacial score (nSPS) is 12.2. The van der Waals surface area contributed by atoms with Crippen LogP contribution in [-0.2, 0) is 6.18 Å². The van der Waals surface area contributed by atoms with E-state index in [9.17, 15) is 13.2 Å². The average molecular weight is 307 g/mol. The summed E-state index contributed by atoms with van der Waals surface area (Å²) in [6, 6.07) is 6.43. The summed E-state index contributed by atoms with van der Waals surface area (Å²) in [5, 5.41) is 9.33. The molecule has 2 rings (SSSR count). The number of hydrogen-bond acceptors (Lipinski definition) is 3. The number of alkyl halides is 3. The lowest BCUT2D eigenvalue weighted by molar-refractivity contribution is -0.147. The van der Waals surface area contributed by atoms with E-state index in [1.165, 1.54) is 6.21 Å². The Morgan fingerprint density at radius 1 is 1.32 bits per heavy atom. The highest BCUT2D eigenvalue weighted by Gasteiger charge is 2.37. The zero-order valence-electron chi connectivity index (χ0n) is 9.15. The Balaban J connectivity index is 2.36. The van der Waals surface area contributed by atoms with Crippen LogP contribution < -0.4 is 0 Å². The van der Waals surface area contributed by atoms with Gasteiger partial charge in [-0.1, -0.05) is 23.7 Å². The molecule has 0 bridgehead atoms. The van der Waals surface area contributed by atoms with Crippen molar-refractivity contribution < 1.29 is 13.2 Å². The van der Waals surface area contributed by atoms with E-state index >= 15 is 0 Å². The highest BCUT2D eigenvalue weighted by molar-refractivity contribution is 7.71. The Labute approximate surface area is 115 Å². The summed E-state index contributed by atoms with van der Waals surface area (Å²) in [7, 11) is 0. The first kappa shape index (κ1) is 13.8. The molecule has 19 heavy (non-hydrogen) atoms. The van der Waals surface area contributed by atoms with E-state index in [1.54, 1.807) is 24.3 Å². The molecule has 0 saturated carbocycles. The standard InChI is InChI=1S/C10H6ClF3N4S/c11-7-3-1-6(2-4-7)5-15-18-8(10(12,13)14)16-17-9(18)19/h1-5H,(H,17,19)/b15-5-. The minimum absolute atomic E-state index is 0.238. The Morgan fingerprint density at radius 3 is 2.53 bits per heavy atom. The van der Waals surface area contributed by atoms with Crippen molar-refractivity contribution in [3.8, 4) is 0 Å². The van der Waals surface area contributed by atoms with Gasteiger partial charge in [0.25, 0.3) is 5.82 Å². The molecule has 0 unspecified atom stereocenters. The fourth-order valence-electron chi connectivity index (χ4n) is 1.26. The molecular weight excluding hydrogens is 301 g/mol. The quantitative estimate of drug-likeness (QED) is 0.682. The van der Waals surface area contributed by atoms with Crippen LogP contribution >= 0.6 is 23.8 Å². The van der Waals surface area contributed by atoms with Crippen molar-refractivity contribution in [3.05, 3.63) is 45.4 Å². The topological polar surface area (TPSA) is 46.0 Å². The summed E-state index contributed by atoms with van der Waals surface area (Å²) in [4.78, 5) is 0. The van der Waals surface area contributed by atoms with Crippen LogP contribution in [0.2, 0.25) is 5.02 Å². The van der Waals surface area contributed by atoms with Gasteiger partial charge in [0.15, 0.2) is 0 Å². The molecular formula is C10H6ClF3N4S. The summed E-state index contributed by atoms with van der Waals surface area (Å²) in [6.45, 7) is 0. The third kappa shape index (κ3) is 3.21. The summed E-state index contributed by atoms with van der Waals surface area (Å²) < 4.78 is 38.1. The third-order valence-corrected chi connectivity index (χ3v) is 2.61.